The number of anilines is 1. The van der Waals surface area contributed by atoms with Gasteiger partial charge in [-0.05, 0) is 24.6 Å². The molecule has 6 nitrogen and oxygen atoms in total. The van der Waals surface area contributed by atoms with E-state index in [0.717, 1.165) is 5.56 Å². The van der Waals surface area contributed by atoms with Crippen LogP contribution >= 0.6 is 0 Å². The van der Waals surface area contributed by atoms with E-state index in [-0.39, 0.29) is 19.7 Å². The summed E-state index contributed by atoms with van der Waals surface area (Å²) in [6.07, 6.45) is 0. The summed E-state index contributed by atoms with van der Waals surface area (Å²) in [4.78, 5) is 23.9. The van der Waals surface area contributed by atoms with Crippen molar-refractivity contribution in [2.45, 2.75) is 6.92 Å². The Kier molecular flexibility index (Phi) is 5.81. The van der Waals surface area contributed by atoms with Gasteiger partial charge >= 0.3 is 12.0 Å². The van der Waals surface area contributed by atoms with Crippen molar-refractivity contribution in [1.82, 2.24) is 4.90 Å². The normalized spacial score (nSPS) is 10.0. The van der Waals surface area contributed by atoms with E-state index in [1.807, 2.05) is 25.1 Å². The molecule has 2 amide bonds. The predicted molar refractivity (Wildman–Crippen MR) is 71.3 cm³/mol. The highest BCUT2D eigenvalue weighted by Gasteiger charge is 2.16. The maximum Gasteiger partial charge on any atom is 0.323 e. The molecule has 0 atom stereocenters. The minimum absolute atomic E-state index is 0.223. The van der Waals surface area contributed by atoms with Gasteiger partial charge in [-0.1, -0.05) is 12.1 Å². The predicted octanol–water partition coefficient (Wildman–Crippen LogP) is 1.56. The number of rotatable bonds is 6. The van der Waals surface area contributed by atoms with Crippen LogP contribution in [0.2, 0.25) is 0 Å². The third-order valence-corrected chi connectivity index (χ3v) is 2.45. The van der Waals surface area contributed by atoms with Gasteiger partial charge in [0.05, 0.1) is 6.61 Å². The van der Waals surface area contributed by atoms with Gasteiger partial charge in [-0.25, -0.2) is 4.79 Å². The van der Waals surface area contributed by atoms with Crippen molar-refractivity contribution >= 4 is 17.7 Å². The Bertz CT molecular complexity index is 448. The zero-order valence-electron chi connectivity index (χ0n) is 11.0. The summed E-state index contributed by atoms with van der Waals surface area (Å²) >= 11 is 0. The van der Waals surface area contributed by atoms with Crippen molar-refractivity contribution in [2.75, 3.05) is 32.1 Å². The first-order valence-electron chi connectivity index (χ1n) is 5.86. The molecule has 0 saturated carbocycles. The van der Waals surface area contributed by atoms with Crippen molar-refractivity contribution in [3.63, 3.8) is 0 Å². The molecule has 6 heteroatoms. The third-order valence-electron chi connectivity index (χ3n) is 2.45. The van der Waals surface area contributed by atoms with Crippen LogP contribution in [-0.4, -0.2) is 48.8 Å². The number of aliphatic carboxylic acids is 1. The van der Waals surface area contributed by atoms with Crippen LogP contribution in [0.15, 0.2) is 24.3 Å². The summed E-state index contributed by atoms with van der Waals surface area (Å²) in [5.41, 5.74) is 1.65. The van der Waals surface area contributed by atoms with Crippen molar-refractivity contribution in [1.29, 1.82) is 0 Å². The molecule has 104 valence electrons. The molecule has 0 aliphatic rings. The number of nitrogens with zero attached hydrogens (tertiary/aromatic N) is 1. The van der Waals surface area contributed by atoms with Gasteiger partial charge in [0, 0.05) is 19.3 Å². The zero-order valence-corrected chi connectivity index (χ0v) is 11.0. The highest BCUT2D eigenvalue weighted by Crippen LogP contribution is 2.10. The maximum atomic E-state index is 12.0. The Hall–Kier alpha value is -2.08. The quantitative estimate of drug-likeness (QED) is 0.819. The number of nitrogens with one attached hydrogen (secondary N) is 1. The average molecular weight is 266 g/mol. The number of ether oxygens (including phenoxy) is 1. The minimum atomic E-state index is -1.06. The molecule has 0 aliphatic carbocycles. The fourth-order valence-corrected chi connectivity index (χ4v) is 1.54. The van der Waals surface area contributed by atoms with Crippen LogP contribution in [-0.2, 0) is 9.53 Å². The highest BCUT2D eigenvalue weighted by molar-refractivity contribution is 5.91. The average Bonchev–Trinajstić information content (AvgIpc) is 2.34. The summed E-state index contributed by atoms with van der Waals surface area (Å²) in [5, 5.41) is 11.4. The second-order valence-electron chi connectivity index (χ2n) is 4.11. The number of urea groups is 1. The van der Waals surface area contributed by atoms with Crippen LogP contribution < -0.4 is 5.32 Å². The molecule has 19 heavy (non-hydrogen) atoms. The molecule has 1 aromatic carbocycles. The van der Waals surface area contributed by atoms with Crippen LogP contribution in [0, 0.1) is 6.92 Å². The van der Waals surface area contributed by atoms with E-state index in [1.165, 1.54) is 12.0 Å². The lowest BCUT2D eigenvalue weighted by Gasteiger charge is -2.20. The lowest BCUT2D eigenvalue weighted by molar-refractivity contribution is -0.137. The van der Waals surface area contributed by atoms with Crippen LogP contribution in [0.25, 0.3) is 0 Å². The topological polar surface area (TPSA) is 78.9 Å². The number of carboxylic acid groups (broad SMARTS) is 1. The first-order chi connectivity index (χ1) is 9.02. The van der Waals surface area contributed by atoms with Crippen LogP contribution in [0.3, 0.4) is 0 Å². The maximum absolute atomic E-state index is 12.0. The fraction of sp³-hybridized carbons (Fsp3) is 0.385. The smallest absolute Gasteiger partial charge is 0.323 e. The second-order valence-corrected chi connectivity index (χ2v) is 4.11. The first kappa shape index (κ1) is 15.0. The van der Waals surface area contributed by atoms with E-state index in [1.54, 1.807) is 6.07 Å². The van der Waals surface area contributed by atoms with Gasteiger partial charge < -0.3 is 20.1 Å². The molecule has 0 aliphatic heterocycles. The number of hydrogen-bond acceptors (Lipinski definition) is 3. The van der Waals surface area contributed by atoms with Crippen molar-refractivity contribution in [3.8, 4) is 0 Å². The van der Waals surface area contributed by atoms with Crippen molar-refractivity contribution in [2.24, 2.45) is 0 Å². The van der Waals surface area contributed by atoms with Gasteiger partial charge in [0.25, 0.3) is 0 Å². The van der Waals surface area contributed by atoms with Crippen LogP contribution in [0.5, 0.6) is 0 Å². The Labute approximate surface area is 112 Å². The number of benzene rings is 1. The molecule has 0 unspecified atom stereocenters. The number of carbonyl (C=O) groups is 2. The molecule has 1 rings (SSSR count). The Balaban J connectivity index is 2.67. The third kappa shape index (κ3) is 5.39. The number of carboxylic acids is 1. The summed E-state index contributed by atoms with van der Waals surface area (Å²) in [6, 6.07) is 6.84. The number of amides is 2. The largest absolute Gasteiger partial charge is 0.480 e. The number of methoxy groups -OCH3 is 1. The number of carbonyl (C=O) groups excluding carboxylic acids is 1. The molecule has 0 spiro atoms. The summed E-state index contributed by atoms with van der Waals surface area (Å²) < 4.78 is 4.86. The molecule has 2 N–H and O–H groups in total. The number of hydrogen-bond donors (Lipinski definition) is 2. The van der Waals surface area contributed by atoms with Gasteiger partial charge in [-0.3, -0.25) is 4.79 Å². The minimum Gasteiger partial charge on any atom is -0.480 e. The summed E-state index contributed by atoms with van der Waals surface area (Å²) in [7, 11) is 1.50. The number of aryl methyl sites for hydroxylation is 1. The van der Waals surface area contributed by atoms with E-state index in [9.17, 15) is 9.59 Å². The fourth-order valence-electron chi connectivity index (χ4n) is 1.54. The van der Waals surface area contributed by atoms with Crippen molar-refractivity contribution in [3.05, 3.63) is 29.8 Å². The zero-order chi connectivity index (χ0) is 14.3. The lowest BCUT2D eigenvalue weighted by atomic mass is 10.2. The summed E-state index contributed by atoms with van der Waals surface area (Å²) in [5.74, 6) is -1.06. The molecule has 0 heterocycles. The van der Waals surface area contributed by atoms with Crippen LogP contribution in [0.4, 0.5) is 10.5 Å². The standard InChI is InChI=1S/C13H18N2O4/c1-10-4-3-5-11(8-10)14-13(18)15(6-7-19-2)9-12(16)17/h3-5,8H,6-7,9H2,1-2H3,(H,14,18)(H,16,17). The molecule has 0 bridgehead atoms. The van der Waals surface area contributed by atoms with Crippen molar-refractivity contribution < 1.29 is 19.4 Å². The van der Waals surface area contributed by atoms with E-state index in [0.29, 0.717) is 5.69 Å². The molecule has 0 aromatic heterocycles. The van der Waals surface area contributed by atoms with Gasteiger partial charge in [0.15, 0.2) is 0 Å². The molecule has 0 radical (unpaired) electrons. The van der Waals surface area contributed by atoms with Crippen LogP contribution in [0.1, 0.15) is 5.56 Å². The Morgan fingerprint density at radius 3 is 2.74 bits per heavy atom. The Morgan fingerprint density at radius 1 is 1.42 bits per heavy atom. The lowest BCUT2D eigenvalue weighted by Crippen LogP contribution is -2.40. The second kappa shape index (κ2) is 7.38. The molecule has 0 saturated heterocycles. The first-order valence-corrected chi connectivity index (χ1v) is 5.86. The van der Waals surface area contributed by atoms with Gasteiger partial charge in [-0.15, -0.1) is 0 Å². The molecule has 0 fully saturated rings. The van der Waals surface area contributed by atoms with E-state index in [4.69, 9.17) is 9.84 Å². The summed E-state index contributed by atoms with van der Waals surface area (Å²) in [6.45, 7) is 2.06. The highest BCUT2D eigenvalue weighted by atomic mass is 16.5. The SMILES string of the molecule is COCCN(CC(=O)O)C(=O)Nc1cccc(C)c1. The Morgan fingerprint density at radius 2 is 2.16 bits per heavy atom. The van der Waals surface area contributed by atoms with E-state index >= 15 is 0 Å². The van der Waals surface area contributed by atoms with Gasteiger partial charge in [0.1, 0.15) is 6.54 Å². The molecule has 1 aromatic rings. The van der Waals surface area contributed by atoms with E-state index < -0.39 is 12.0 Å². The van der Waals surface area contributed by atoms with Gasteiger partial charge in [-0.2, -0.15) is 0 Å². The molecular formula is C13H18N2O4. The van der Waals surface area contributed by atoms with E-state index in [2.05, 4.69) is 5.32 Å². The monoisotopic (exact) mass is 266 g/mol. The van der Waals surface area contributed by atoms with Gasteiger partial charge in [0.2, 0.25) is 0 Å². The molecular weight excluding hydrogens is 248 g/mol.